The standard InChI is InChI=1S/C11H15N.C2H6/c1-4-7-12-11-6-5-9(2)8-10(11)3;1-2/h5-8H,4H2,1-3H3;1-2H3. The summed E-state index contributed by atoms with van der Waals surface area (Å²) in [6.45, 7) is 10.3. The van der Waals surface area contributed by atoms with E-state index in [4.69, 9.17) is 0 Å². The summed E-state index contributed by atoms with van der Waals surface area (Å²) in [7, 11) is 0. The van der Waals surface area contributed by atoms with Crippen LogP contribution < -0.4 is 0 Å². The molecule has 1 heteroatoms. The number of hydrogen-bond donors (Lipinski definition) is 0. The monoisotopic (exact) mass is 191 g/mol. The van der Waals surface area contributed by atoms with Gasteiger partial charge in [0, 0.05) is 6.21 Å². The third kappa shape index (κ3) is 4.22. The molecule has 0 radical (unpaired) electrons. The third-order valence-corrected chi connectivity index (χ3v) is 1.77. The predicted molar refractivity (Wildman–Crippen MR) is 65.7 cm³/mol. The minimum Gasteiger partial charge on any atom is -0.261 e. The van der Waals surface area contributed by atoms with Crippen LogP contribution in [-0.4, -0.2) is 6.21 Å². The molecule has 0 heterocycles. The van der Waals surface area contributed by atoms with Gasteiger partial charge in [-0.2, -0.15) is 0 Å². The molecule has 0 aliphatic heterocycles. The molecule has 0 saturated heterocycles. The Bertz CT molecular complexity index is 287. The summed E-state index contributed by atoms with van der Waals surface area (Å²) in [5.74, 6) is 0. The molecule has 1 aromatic carbocycles. The summed E-state index contributed by atoms with van der Waals surface area (Å²) in [6, 6.07) is 6.31. The van der Waals surface area contributed by atoms with Crippen LogP contribution in [0, 0.1) is 13.8 Å². The van der Waals surface area contributed by atoms with Crippen molar-refractivity contribution in [2.45, 2.75) is 41.0 Å². The third-order valence-electron chi connectivity index (χ3n) is 1.77. The van der Waals surface area contributed by atoms with E-state index in [1.807, 2.05) is 20.1 Å². The Balaban J connectivity index is 0.000000791. The van der Waals surface area contributed by atoms with Crippen molar-refractivity contribution in [1.29, 1.82) is 0 Å². The first-order chi connectivity index (χ1) is 6.74. The summed E-state index contributed by atoms with van der Waals surface area (Å²) >= 11 is 0. The maximum atomic E-state index is 4.34. The van der Waals surface area contributed by atoms with Crippen LogP contribution in [0.2, 0.25) is 0 Å². The van der Waals surface area contributed by atoms with E-state index in [9.17, 15) is 0 Å². The van der Waals surface area contributed by atoms with Crippen LogP contribution in [0.4, 0.5) is 5.69 Å². The first-order valence-electron chi connectivity index (χ1n) is 5.34. The Morgan fingerprint density at radius 3 is 2.36 bits per heavy atom. The van der Waals surface area contributed by atoms with Gasteiger partial charge in [-0.3, -0.25) is 4.99 Å². The number of rotatable bonds is 2. The summed E-state index contributed by atoms with van der Waals surface area (Å²) in [6.07, 6.45) is 2.94. The molecule has 0 bridgehead atoms. The van der Waals surface area contributed by atoms with Gasteiger partial charge in [0.05, 0.1) is 5.69 Å². The second-order valence-electron chi connectivity index (χ2n) is 3.01. The van der Waals surface area contributed by atoms with Crippen molar-refractivity contribution in [2.75, 3.05) is 0 Å². The van der Waals surface area contributed by atoms with Crippen LogP contribution in [0.3, 0.4) is 0 Å². The maximum absolute atomic E-state index is 4.34. The van der Waals surface area contributed by atoms with Gasteiger partial charge in [0.15, 0.2) is 0 Å². The lowest BCUT2D eigenvalue weighted by Gasteiger charge is -2.00. The molecule has 78 valence electrons. The van der Waals surface area contributed by atoms with Gasteiger partial charge in [0.2, 0.25) is 0 Å². The zero-order valence-electron chi connectivity index (χ0n) is 9.96. The first-order valence-corrected chi connectivity index (χ1v) is 5.34. The lowest BCUT2D eigenvalue weighted by molar-refractivity contribution is 1.29. The van der Waals surface area contributed by atoms with Crippen molar-refractivity contribution in [2.24, 2.45) is 4.99 Å². The lowest BCUT2D eigenvalue weighted by atomic mass is 10.1. The molecule has 0 aromatic heterocycles. The average molecular weight is 191 g/mol. The number of aliphatic imine (C=N–C) groups is 1. The van der Waals surface area contributed by atoms with E-state index in [-0.39, 0.29) is 0 Å². The highest BCUT2D eigenvalue weighted by atomic mass is 14.7. The van der Waals surface area contributed by atoms with E-state index in [1.54, 1.807) is 0 Å². The van der Waals surface area contributed by atoms with E-state index in [0.29, 0.717) is 0 Å². The normalized spacial score (nSPS) is 9.79. The van der Waals surface area contributed by atoms with E-state index in [2.05, 4.69) is 44.0 Å². The molecule has 0 spiro atoms. The molecule has 1 nitrogen and oxygen atoms in total. The summed E-state index contributed by atoms with van der Waals surface area (Å²) < 4.78 is 0. The molecule has 14 heavy (non-hydrogen) atoms. The second kappa shape index (κ2) is 7.31. The van der Waals surface area contributed by atoms with E-state index in [0.717, 1.165) is 12.1 Å². The molecule has 0 atom stereocenters. The van der Waals surface area contributed by atoms with Crippen molar-refractivity contribution in [3.63, 3.8) is 0 Å². The Hall–Kier alpha value is -1.11. The lowest BCUT2D eigenvalue weighted by Crippen LogP contribution is -1.77. The summed E-state index contributed by atoms with van der Waals surface area (Å²) in [5, 5.41) is 0. The van der Waals surface area contributed by atoms with Crippen LogP contribution in [0.1, 0.15) is 38.3 Å². The SMILES string of the molecule is CC.CCC=Nc1ccc(C)cc1C. The van der Waals surface area contributed by atoms with Gasteiger partial charge in [-0.05, 0) is 31.9 Å². The van der Waals surface area contributed by atoms with Crippen LogP contribution in [0.15, 0.2) is 23.2 Å². The molecule has 0 aliphatic carbocycles. The smallest absolute Gasteiger partial charge is 0.0655 e. The predicted octanol–water partition coefficient (Wildman–Crippen LogP) is 4.44. The Kier molecular flexibility index (Phi) is 6.73. The van der Waals surface area contributed by atoms with Crippen LogP contribution in [0.5, 0.6) is 0 Å². The van der Waals surface area contributed by atoms with E-state index < -0.39 is 0 Å². The minimum absolute atomic E-state index is 0.993. The van der Waals surface area contributed by atoms with Gasteiger partial charge in [0.1, 0.15) is 0 Å². The quantitative estimate of drug-likeness (QED) is 0.613. The highest BCUT2D eigenvalue weighted by Gasteiger charge is 1.93. The van der Waals surface area contributed by atoms with Crippen molar-refractivity contribution in [3.05, 3.63) is 29.3 Å². The zero-order chi connectivity index (χ0) is 11.0. The summed E-state index contributed by atoms with van der Waals surface area (Å²) in [4.78, 5) is 4.34. The van der Waals surface area contributed by atoms with Crippen LogP contribution in [-0.2, 0) is 0 Å². The molecule has 0 saturated carbocycles. The maximum Gasteiger partial charge on any atom is 0.0655 e. The van der Waals surface area contributed by atoms with Gasteiger partial charge in [-0.15, -0.1) is 0 Å². The number of aryl methyl sites for hydroxylation is 2. The van der Waals surface area contributed by atoms with Gasteiger partial charge >= 0.3 is 0 Å². The average Bonchev–Trinajstić information content (AvgIpc) is 2.20. The first kappa shape index (κ1) is 12.9. The van der Waals surface area contributed by atoms with Crippen LogP contribution in [0.25, 0.3) is 0 Å². The highest BCUT2D eigenvalue weighted by molar-refractivity contribution is 5.64. The fourth-order valence-electron chi connectivity index (χ4n) is 1.14. The molecule has 0 amide bonds. The second-order valence-corrected chi connectivity index (χ2v) is 3.01. The van der Waals surface area contributed by atoms with Crippen molar-refractivity contribution < 1.29 is 0 Å². The molecule has 1 rings (SSSR count). The largest absolute Gasteiger partial charge is 0.261 e. The fraction of sp³-hybridized carbons (Fsp3) is 0.462. The van der Waals surface area contributed by atoms with E-state index in [1.165, 1.54) is 11.1 Å². The molecule has 1 aromatic rings. The number of nitrogens with zero attached hydrogens (tertiary/aromatic N) is 1. The van der Waals surface area contributed by atoms with Gasteiger partial charge in [0.25, 0.3) is 0 Å². The number of benzene rings is 1. The number of hydrogen-bond acceptors (Lipinski definition) is 1. The highest BCUT2D eigenvalue weighted by Crippen LogP contribution is 2.18. The summed E-state index contributed by atoms with van der Waals surface area (Å²) in [5.41, 5.74) is 3.63. The molecule has 0 fully saturated rings. The van der Waals surface area contributed by atoms with E-state index >= 15 is 0 Å². The molecule has 0 aliphatic rings. The van der Waals surface area contributed by atoms with Crippen LogP contribution >= 0.6 is 0 Å². The van der Waals surface area contributed by atoms with Crippen molar-refractivity contribution in [3.8, 4) is 0 Å². The van der Waals surface area contributed by atoms with Gasteiger partial charge in [-0.25, -0.2) is 0 Å². The van der Waals surface area contributed by atoms with Gasteiger partial charge in [-0.1, -0.05) is 38.5 Å². The Morgan fingerprint density at radius 1 is 1.21 bits per heavy atom. The van der Waals surface area contributed by atoms with Gasteiger partial charge < -0.3 is 0 Å². The van der Waals surface area contributed by atoms with Crippen molar-refractivity contribution in [1.82, 2.24) is 0 Å². The zero-order valence-corrected chi connectivity index (χ0v) is 9.96. The topological polar surface area (TPSA) is 12.4 Å². The minimum atomic E-state index is 0.993. The molecule has 0 unspecified atom stereocenters. The fourth-order valence-corrected chi connectivity index (χ4v) is 1.14. The Morgan fingerprint density at radius 2 is 1.86 bits per heavy atom. The molecule has 0 N–H and O–H groups in total. The molecular weight excluding hydrogens is 170 g/mol. The molecular formula is C13H21N. The van der Waals surface area contributed by atoms with Crippen molar-refractivity contribution >= 4 is 11.9 Å². The Labute approximate surface area is 87.9 Å².